The third kappa shape index (κ3) is 4.52. The first kappa shape index (κ1) is 15.4. The summed E-state index contributed by atoms with van der Waals surface area (Å²) in [5.41, 5.74) is 2.16. The highest BCUT2D eigenvalue weighted by atomic mass is 35.5. The van der Waals surface area contributed by atoms with Crippen LogP contribution in [-0.4, -0.2) is 37.0 Å². The summed E-state index contributed by atoms with van der Waals surface area (Å²) in [6.45, 7) is 4.49. The van der Waals surface area contributed by atoms with Crippen molar-refractivity contribution in [3.63, 3.8) is 0 Å². The van der Waals surface area contributed by atoms with Gasteiger partial charge in [-0.25, -0.2) is 0 Å². The Morgan fingerprint density at radius 1 is 1.25 bits per heavy atom. The van der Waals surface area contributed by atoms with Gasteiger partial charge < -0.3 is 10.1 Å². The molecule has 20 heavy (non-hydrogen) atoms. The van der Waals surface area contributed by atoms with E-state index in [0.717, 1.165) is 52.3 Å². The molecule has 0 bridgehead atoms. The van der Waals surface area contributed by atoms with Crippen LogP contribution in [0.4, 0.5) is 0 Å². The molecule has 6 heteroatoms. The maximum atomic E-state index is 6.07. The molecule has 0 radical (unpaired) electrons. The molecule has 1 aromatic carbocycles. The lowest BCUT2D eigenvalue weighted by Crippen LogP contribution is -2.21. The lowest BCUT2D eigenvalue weighted by atomic mass is 10.1. The van der Waals surface area contributed by atoms with E-state index < -0.39 is 0 Å². The Kier molecular flexibility index (Phi) is 5.91. The van der Waals surface area contributed by atoms with Gasteiger partial charge in [-0.15, -0.1) is 10.2 Å². The molecule has 4 nitrogen and oxygen atoms in total. The van der Waals surface area contributed by atoms with E-state index in [0.29, 0.717) is 0 Å². The Bertz CT molecular complexity index is 539. The SMILES string of the molecule is COCCNCCc1nnc(-c2cc(C)cc(Cl)c2)s1. The zero-order valence-electron chi connectivity index (χ0n) is 11.6. The van der Waals surface area contributed by atoms with Crippen LogP contribution in [0, 0.1) is 6.92 Å². The zero-order valence-corrected chi connectivity index (χ0v) is 13.2. The Hall–Kier alpha value is -1.01. The van der Waals surface area contributed by atoms with Crippen molar-refractivity contribution in [2.24, 2.45) is 0 Å². The molecule has 0 unspecified atom stereocenters. The Morgan fingerprint density at radius 2 is 2.10 bits per heavy atom. The van der Waals surface area contributed by atoms with Crippen molar-refractivity contribution in [3.8, 4) is 10.6 Å². The first-order valence-electron chi connectivity index (χ1n) is 6.48. The van der Waals surface area contributed by atoms with Crippen molar-refractivity contribution in [2.45, 2.75) is 13.3 Å². The highest BCUT2D eigenvalue weighted by molar-refractivity contribution is 7.14. The maximum Gasteiger partial charge on any atom is 0.147 e. The number of hydrogen-bond donors (Lipinski definition) is 1. The Morgan fingerprint density at radius 3 is 2.85 bits per heavy atom. The molecule has 0 spiro atoms. The van der Waals surface area contributed by atoms with Crippen LogP contribution in [0.3, 0.4) is 0 Å². The normalized spacial score (nSPS) is 10.9. The van der Waals surface area contributed by atoms with Gasteiger partial charge in [-0.05, 0) is 30.7 Å². The number of aromatic nitrogens is 2. The number of methoxy groups -OCH3 is 1. The van der Waals surface area contributed by atoms with E-state index in [-0.39, 0.29) is 0 Å². The molecule has 0 saturated carbocycles. The standard InChI is InChI=1S/C14H18ClN3OS/c1-10-7-11(9-12(15)8-10)14-18-17-13(20-14)3-4-16-5-6-19-2/h7-9,16H,3-6H2,1-2H3. The van der Waals surface area contributed by atoms with Crippen LogP contribution in [-0.2, 0) is 11.2 Å². The fraction of sp³-hybridized carbons (Fsp3) is 0.429. The van der Waals surface area contributed by atoms with Gasteiger partial charge >= 0.3 is 0 Å². The predicted octanol–water partition coefficient (Wildman–Crippen LogP) is 2.95. The molecule has 0 fully saturated rings. The molecule has 1 N–H and O–H groups in total. The highest BCUT2D eigenvalue weighted by Gasteiger charge is 2.07. The average Bonchev–Trinajstić information content (AvgIpc) is 2.86. The number of aryl methyl sites for hydroxylation is 1. The monoisotopic (exact) mass is 311 g/mol. The van der Waals surface area contributed by atoms with E-state index in [4.69, 9.17) is 16.3 Å². The van der Waals surface area contributed by atoms with Crippen molar-refractivity contribution in [3.05, 3.63) is 33.8 Å². The zero-order chi connectivity index (χ0) is 14.4. The summed E-state index contributed by atoms with van der Waals surface area (Å²) >= 11 is 7.69. The lowest BCUT2D eigenvalue weighted by Gasteiger charge is -2.01. The van der Waals surface area contributed by atoms with Crippen molar-refractivity contribution in [1.29, 1.82) is 0 Å². The molecule has 0 amide bonds. The third-order valence-corrected chi connectivity index (χ3v) is 4.00. The molecular weight excluding hydrogens is 294 g/mol. The second-order valence-corrected chi connectivity index (χ2v) is 6.01. The largest absolute Gasteiger partial charge is 0.383 e. The van der Waals surface area contributed by atoms with Crippen LogP contribution in [0.15, 0.2) is 18.2 Å². The van der Waals surface area contributed by atoms with Gasteiger partial charge in [0.25, 0.3) is 0 Å². The number of hydrogen-bond acceptors (Lipinski definition) is 5. The molecule has 0 saturated heterocycles. The van der Waals surface area contributed by atoms with E-state index in [1.165, 1.54) is 0 Å². The van der Waals surface area contributed by atoms with Crippen molar-refractivity contribution >= 4 is 22.9 Å². The minimum Gasteiger partial charge on any atom is -0.383 e. The van der Waals surface area contributed by atoms with Gasteiger partial charge in [0.2, 0.25) is 0 Å². The molecule has 0 atom stereocenters. The number of rotatable bonds is 7. The van der Waals surface area contributed by atoms with Crippen LogP contribution < -0.4 is 5.32 Å². The molecule has 0 aliphatic rings. The minimum atomic E-state index is 0.725. The summed E-state index contributed by atoms with van der Waals surface area (Å²) in [6, 6.07) is 5.94. The number of ether oxygens (including phenoxy) is 1. The summed E-state index contributed by atoms with van der Waals surface area (Å²) < 4.78 is 4.98. The van der Waals surface area contributed by atoms with Crippen molar-refractivity contribution in [2.75, 3.05) is 26.8 Å². The van der Waals surface area contributed by atoms with E-state index in [9.17, 15) is 0 Å². The first-order chi connectivity index (χ1) is 9.69. The van der Waals surface area contributed by atoms with Crippen LogP contribution in [0.1, 0.15) is 10.6 Å². The smallest absolute Gasteiger partial charge is 0.147 e. The van der Waals surface area contributed by atoms with E-state index >= 15 is 0 Å². The molecule has 0 aliphatic heterocycles. The third-order valence-electron chi connectivity index (χ3n) is 2.75. The van der Waals surface area contributed by atoms with Gasteiger partial charge in [0.1, 0.15) is 10.0 Å². The van der Waals surface area contributed by atoms with Crippen molar-refractivity contribution < 1.29 is 4.74 Å². The maximum absolute atomic E-state index is 6.07. The molecule has 2 aromatic rings. The number of nitrogens with one attached hydrogen (secondary N) is 1. The van der Waals surface area contributed by atoms with E-state index in [1.807, 2.05) is 19.1 Å². The summed E-state index contributed by atoms with van der Waals surface area (Å²) in [4.78, 5) is 0. The quantitative estimate of drug-likeness (QED) is 0.799. The van der Waals surface area contributed by atoms with E-state index in [1.54, 1.807) is 18.4 Å². The first-order valence-corrected chi connectivity index (χ1v) is 7.68. The van der Waals surface area contributed by atoms with Gasteiger partial charge in [0.15, 0.2) is 0 Å². The van der Waals surface area contributed by atoms with Gasteiger partial charge in [0.05, 0.1) is 6.61 Å². The topological polar surface area (TPSA) is 47.0 Å². The van der Waals surface area contributed by atoms with Crippen LogP contribution in [0.5, 0.6) is 0 Å². The van der Waals surface area contributed by atoms with Crippen LogP contribution >= 0.6 is 22.9 Å². The molecular formula is C14H18ClN3OS. The highest BCUT2D eigenvalue weighted by Crippen LogP contribution is 2.27. The fourth-order valence-electron chi connectivity index (χ4n) is 1.83. The molecule has 1 aromatic heterocycles. The van der Waals surface area contributed by atoms with Crippen LogP contribution in [0.25, 0.3) is 10.6 Å². The number of nitrogens with zero attached hydrogens (tertiary/aromatic N) is 2. The summed E-state index contributed by atoms with van der Waals surface area (Å²) in [5, 5.41) is 14.4. The Balaban J connectivity index is 1.94. The molecule has 2 rings (SSSR count). The summed E-state index contributed by atoms with van der Waals surface area (Å²) in [5.74, 6) is 0. The predicted molar refractivity (Wildman–Crippen MR) is 83.5 cm³/mol. The van der Waals surface area contributed by atoms with Crippen LogP contribution in [0.2, 0.25) is 5.02 Å². The average molecular weight is 312 g/mol. The lowest BCUT2D eigenvalue weighted by molar-refractivity contribution is 0.199. The Labute approximate surface area is 128 Å². The summed E-state index contributed by atoms with van der Waals surface area (Å²) in [7, 11) is 1.70. The molecule has 0 aliphatic carbocycles. The summed E-state index contributed by atoms with van der Waals surface area (Å²) in [6.07, 6.45) is 0.876. The van der Waals surface area contributed by atoms with Gasteiger partial charge in [0, 0.05) is 37.2 Å². The van der Waals surface area contributed by atoms with Gasteiger partial charge in [-0.2, -0.15) is 0 Å². The molecule has 1 heterocycles. The van der Waals surface area contributed by atoms with E-state index in [2.05, 4.69) is 21.6 Å². The van der Waals surface area contributed by atoms with Gasteiger partial charge in [-0.1, -0.05) is 22.9 Å². The van der Waals surface area contributed by atoms with Crippen molar-refractivity contribution in [1.82, 2.24) is 15.5 Å². The second kappa shape index (κ2) is 7.69. The minimum absolute atomic E-state index is 0.725. The number of benzene rings is 1. The fourth-order valence-corrected chi connectivity index (χ4v) is 2.94. The number of halogens is 1. The second-order valence-electron chi connectivity index (χ2n) is 4.51. The molecule has 108 valence electrons. The van der Waals surface area contributed by atoms with Gasteiger partial charge in [-0.3, -0.25) is 0 Å².